The predicted molar refractivity (Wildman–Crippen MR) is 51.2 cm³/mol. The molecule has 2 heteroatoms. The molecule has 0 amide bonds. The molecule has 2 nitrogen and oxygen atoms in total. The van der Waals surface area contributed by atoms with Gasteiger partial charge in [-0.1, -0.05) is 6.92 Å². The molecule has 1 aliphatic carbocycles. The van der Waals surface area contributed by atoms with Gasteiger partial charge < -0.3 is 10.0 Å². The van der Waals surface area contributed by atoms with Crippen molar-refractivity contribution in [3.63, 3.8) is 0 Å². The van der Waals surface area contributed by atoms with E-state index < -0.39 is 0 Å². The molecule has 1 saturated carbocycles. The molecule has 0 unspecified atom stereocenters. The van der Waals surface area contributed by atoms with E-state index in [-0.39, 0.29) is 6.10 Å². The second kappa shape index (κ2) is 4.83. The Morgan fingerprint density at radius 1 is 1.25 bits per heavy atom. The van der Waals surface area contributed by atoms with Crippen LogP contribution >= 0.6 is 0 Å². The summed E-state index contributed by atoms with van der Waals surface area (Å²) in [6.45, 7) is 3.41. The van der Waals surface area contributed by atoms with Crippen LogP contribution in [0.2, 0.25) is 0 Å². The maximum absolute atomic E-state index is 9.32. The lowest BCUT2D eigenvalue weighted by molar-refractivity contribution is 0.0843. The highest BCUT2D eigenvalue weighted by atomic mass is 16.3. The molecular weight excluding hydrogens is 150 g/mol. The fourth-order valence-electron chi connectivity index (χ4n) is 2.03. The quantitative estimate of drug-likeness (QED) is 0.697. The second-order valence-electron chi connectivity index (χ2n) is 3.94. The van der Waals surface area contributed by atoms with Crippen LogP contribution in [0.5, 0.6) is 0 Å². The van der Waals surface area contributed by atoms with E-state index >= 15 is 0 Å². The Hall–Kier alpha value is -0.0800. The summed E-state index contributed by atoms with van der Waals surface area (Å²) in [5, 5.41) is 9.32. The van der Waals surface area contributed by atoms with E-state index in [0.29, 0.717) is 0 Å². The van der Waals surface area contributed by atoms with Gasteiger partial charge in [-0.3, -0.25) is 0 Å². The molecule has 1 aliphatic rings. The number of aliphatic hydroxyl groups is 1. The molecule has 12 heavy (non-hydrogen) atoms. The summed E-state index contributed by atoms with van der Waals surface area (Å²) in [6.07, 6.45) is 5.57. The van der Waals surface area contributed by atoms with Crippen LogP contribution in [0, 0.1) is 0 Å². The molecule has 0 radical (unpaired) electrons. The molecule has 0 bridgehead atoms. The average Bonchev–Trinajstić information content (AvgIpc) is 2.06. The predicted octanol–water partition coefficient (Wildman–Crippen LogP) is 1.63. The minimum absolute atomic E-state index is 0.0173. The van der Waals surface area contributed by atoms with E-state index in [0.717, 1.165) is 18.9 Å². The summed E-state index contributed by atoms with van der Waals surface area (Å²) < 4.78 is 0. The lowest BCUT2D eigenvalue weighted by atomic mass is 9.92. The topological polar surface area (TPSA) is 23.5 Å². The lowest BCUT2D eigenvalue weighted by Crippen LogP contribution is -2.36. The smallest absolute Gasteiger partial charge is 0.0541 e. The third-order valence-electron chi connectivity index (χ3n) is 2.87. The van der Waals surface area contributed by atoms with Gasteiger partial charge in [0.1, 0.15) is 0 Å². The molecule has 1 rings (SSSR count). The Labute approximate surface area is 75.6 Å². The van der Waals surface area contributed by atoms with Crippen LogP contribution in [0.4, 0.5) is 0 Å². The summed E-state index contributed by atoms with van der Waals surface area (Å²) >= 11 is 0. The van der Waals surface area contributed by atoms with Crippen molar-refractivity contribution in [1.82, 2.24) is 4.90 Å². The van der Waals surface area contributed by atoms with Crippen LogP contribution in [-0.2, 0) is 0 Å². The first-order valence-electron chi connectivity index (χ1n) is 5.12. The molecule has 0 aromatic heterocycles. The minimum Gasteiger partial charge on any atom is -0.393 e. The van der Waals surface area contributed by atoms with E-state index in [9.17, 15) is 5.11 Å². The van der Waals surface area contributed by atoms with Crippen molar-refractivity contribution in [2.24, 2.45) is 0 Å². The van der Waals surface area contributed by atoms with E-state index in [1.807, 2.05) is 0 Å². The zero-order valence-electron chi connectivity index (χ0n) is 8.29. The van der Waals surface area contributed by atoms with Gasteiger partial charge in [0.15, 0.2) is 0 Å². The molecule has 0 aromatic carbocycles. The summed E-state index contributed by atoms with van der Waals surface area (Å²) in [5.41, 5.74) is 0. The molecule has 0 aromatic rings. The number of nitrogens with zero attached hydrogens (tertiary/aromatic N) is 1. The second-order valence-corrected chi connectivity index (χ2v) is 3.94. The Kier molecular flexibility index (Phi) is 4.02. The highest BCUT2D eigenvalue weighted by molar-refractivity contribution is 4.77. The highest BCUT2D eigenvalue weighted by Gasteiger charge is 2.21. The monoisotopic (exact) mass is 171 g/mol. The fourth-order valence-corrected chi connectivity index (χ4v) is 2.03. The highest BCUT2D eigenvalue weighted by Crippen LogP contribution is 2.21. The summed E-state index contributed by atoms with van der Waals surface area (Å²) in [6, 6.07) is 0.730. The number of rotatable bonds is 3. The minimum atomic E-state index is -0.0173. The van der Waals surface area contributed by atoms with Crippen LogP contribution in [0.25, 0.3) is 0 Å². The van der Waals surface area contributed by atoms with Gasteiger partial charge in [-0.25, -0.2) is 0 Å². The summed E-state index contributed by atoms with van der Waals surface area (Å²) in [7, 11) is 2.20. The lowest BCUT2D eigenvalue weighted by Gasteiger charge is -2.32. The molecule has 0 aliphatic heterocycles. The van der Waals surface area contributed by atoms with Gasteiger partial charge >= 0.3 is 0 Å². The van der Waals surface area contributed by atoms with Crippen molar-refractivity contribution in [1.29, 1.82) is 0 Å². The normalized spacial score (nSPS) is 31.0. The summed E-state index contributed by atoms with van der Waals surface area (Å²) in [4.78, 5) is 2.44. The molecule has 0 spiro atoms. The third-order valence-corrected chi connectivity index (χ3v) is 2.87. The first-order valence-corrected chi connectivity index (χ1v) is 5.12. The molecule has 1 fully saturated rings. The molecule has 1 N–H and O–H groups in total. The van der Waals surface area contributed by atoms with Gasteiger partial charge in [0.2, 0.25) is 0 Å². The fraction of sp³-hybridized carbons (Fsp3) is 1.00. The van der Waals surface area contributed by atoms with Crippen molar-refractivity contribution in [2.45, 2.75) is 51.2 Å². The van der Waals surface area contributed by atoms with E-state index in [1.165, 1.54) is 25.8 Å². The molecule has 0 atom stereocenters. The van der Waals surface area contributed by atoms with Crippen molar-refractivity contribution in [3.05, 3.63) is 0 Å². The van der Waals surface area contributed by atoms with Crippen LogP contribution < -0.4 is 0 Å². The Bertz CT molecular complexity index is 119. The molecular formula is C10H21NO. The average molecular weight is 171 g/mol. The number of hydrogen-bond acceptors (Lipinski definition) is 2. The number of hydrogen-bond donors (Lipinski definition) is 1. The zero-order chi connectivity index (χ0) is 8.97. The first-order chi connectivity index (χ1) is 5.74. The first kappa shape index (κ1) is 10.0. The standard InChI is InChI=1S/C10H21NO/c1-3-8-11(2)9-4-6-10(12)7-5-9/h9-10,12H,3-8H2,1-2H3. The third kappa shape index (κ3) is 2.76. The van der Waals surface area contributed by atoms with Crippen LogP contribution in [0.15, 0.2) is 0 Å². The maximum Gasteiger partial charge on any atom is 0.0541 e. The van der Waals surface area contributed by atoms with Gasteiger partial charge in [-0.05, 0) is 45.7 Å². The van der Waals surface area contributed by atoms with Gasteiger partial charge in [0.05, 0.1) is 6.10 Å². The van der Waals surface area contributed by atoms with Gasteiger partial charge in [0.25, 0.3) is 0 Å². The van der Waals surface area contributed by atoms with Crippen molar-refractivity contribution < 1.29 is 5.11 Å². The largest absolute Gasteiger partial charge is 0.393 e. The molecule has 0 saturated heterocycles. The van der Waals surface area contributed by atoms with Crippen LogP contribution in [0.1, 0.15) is 39.0 Å². The van der Waals surface area contributed by atoms with Gasteiger partial charge in [-0.2, -0.15) is 0 Å². The van der Waals surface area contributed by atoms with Crippen LogP contribution in [-0.4, -0.2) is 35.7 Å². The Morgan fingerprint density at radius 2 is 1.83 bits per heavy atom. The van der Waals surface area contributed by atoms with E-state index in [1.54, 1.807) is 0 Å². The SMILES string of the molecule is CCCN(C)C1CCC(O)CC1. The number of aliphatic hydroxyl groups excluding tert-OH is 1. The van der Waals surface area contributed by atoms with Crippen molar-refractivity contribution in [2.75, 3.05) is 13.6 Å². The van der Waals surface area contributed by atoms with Crippen molar-refractivity contribution >= 4 is 0 Å². The van der Waals surface area contributed by atoms with Gasteiger partial charge in [0, 0.05) is 6.04 Å². The van der Waals surface area contributed by atoms with Crippen molar-refractivity contribution in [3.8, 4) is 0 Å². The summed E-state index contributed by atoms with van der Waals surface area (Å²) in [5.74, 6) is 0. The van der Waals surface area contributed by atoms with E-state index in [4.69, 9.17) is 0 Å². The Balaban J connectivity index is 2.24. The molecule has 0 heterocycles. The van der Waals surface area contributed by atoms with E-state index in [2.05, 4.69) is 18.9 Å². The molecule has 72 valence electrons. The maximum atomic E-state index is 9.32. The Morgan fingerprint density at radius 3 is 2.33 bits per heavy atom. The van der Waals surface area contributed by atoms with Crippen LogP contribution in [0.3, 0.4) is 0 Å². The zero-order valence-corrected chi connectivity index (χ0v) is 8.29. The van der Waals surface area contributed by atoms with Gasteiger partial charge in [-0.15, -0.1) is 0 Å².